The number of nitrogens with one attached hydrogen (secondary N) is 1. The van der Waals surface area contributed by atoms with Gasteiger partial charge in [-0.05, 0) is 43.5 Å². The average molecular weight is 219 g/mol. The molecule has 1 aromatic carbocycles. The standard InChI is InChI=1S/C14H21NO/c1-4-6-7-12(5-2)15-13-8-10-14(16-3)11-9-13/h4,8-12,15H,1,5-7H2,2-3H3. The van der Waals surface area contributed by atoms with E-state index in [0.717, 1.165) is 30.7 Å². The largest absolute Gasteiger partial charge is 0.497 e. The van der Waals surface area contributed by atoms with Crippen LogP contribution in [0.25, 0.3) is 0 Å². The minimum Gasteiger partial charge on any atom is -0.497 e. The van der Waals surface area contributed by atoms with E-state index < -0.39 is 0 Å². The van der Waals surface area contributed by atoms with E-state index in [1.807, 2.05) is 18.2 Å². The summed E-state index contributed by atoms with van der Waals surface area (Å²) in [5, 5.41) is 3.51. The van der Waals surface area contributed by atoms with Gasteiger partial charge in [-0.1, -0.05) is 13.0 Å². The Morgan fingerprint density at radius 1 is 1.38 bits per heavy atom. The molecule has 1 unspecified atom stereocenters. The van der Waals surface area contributed by atoms with Crippen molar-refractivity contribution >= 4 is 5.69 Å². The third kappa shape index (κ3) is 3.97. The number of methoxy groups -OCH3 is 1. The lowest BCUT2D eigenvalue weighted by Gasteiger charge is -2.17. The van der Waals surface area contributed by atoms with E-state index in [4.69, 9.17) is 4.74 Å². The quantitative estimate of drug-likeness (QED) is 0.703. The van der Waals surface area contributed by atoms with Crippen molar-refractivity contribution < 1.29 is 4.74 Å². The molecule has 0 aliphatic carbocycles. The van der Waals surface area contributed by atoms with E-state index >= 15 is 0 Å². The Morgan fingerprint density at radius 3 is 2.56 bits per heavy atom. The summed E-state index contributed by atoms with van der Waals surface area (Å²) >= 11 is 0. The molecule has 0 fully saturated rings. The molecular formula is C14H21NO. The van der Waals surface area contributed by atoms with Crippen molar-refractivity contribution in [3.8, 4) is 5.75 Å². The maximum atomic E-state index is 5.12. The fraction of sp³-hybridized carbons (Fsp3) is 0.429. The van der Waals surface area contributed by atoms with Crippen LogP contribution in [0, 0.1) is 0 Å². The van der Waals surface area contributed by atoms with E-state index in [1.54, 1.807) is 7.11 Å². The maximum Gasteiger partial charge on any atom is 0.119 e. The van der Waals surface area contributed by atoms with E-state index in [0.29, 0.717) is 6.04 Å². The van der Waals surface area contributed by atoms with E-state index in [2.05, 4.69) is 31.0 Å². The highest BCUT2D eigenvalue weighted by Gasteiger charge is 2.04. The Morgan fingerprint density at radius 2 is 2.06 bits per heavy atom. The second-order valence-electron chi connectivity index (χ2n) is 3.84. The van der Waals surface area contributed by atoms with E-state index in [-0.39, 0.29) is 0 Å². The predicted molar refractivity (Wildman–Crippen MR) is 70.1 cm³/mol. The molecule has 0 saturated carbocycles. The molecule has 0 aliphatic heterocycles. The van der Waals surface area contributed by atoms with Crippen molar-refractivity contribution in [3.05, 3.63) is 36.9 Å². The van der Waals surface area contributed by atoms with Crippen molar-refractivity contribution in [2.45, 2.75) is 32.2 Å². The number of ether oxygens (including phenoxy) is 1. The monoisotopic (exact) mass is 219 g/mol. The van der Waals surface area contributed by atoms with Gasteiger partial charge in [-0.15, -0.1) is 6.58 Å². The Bertz CT molecular complexity index is 305. The number of hydrogen-bond donors (Lipinski definition) is 1. The van der Waals surface area contributed by atoms with Gasteiger partial charge in [0, 0.05) is 11.7 Å². The Kier molecular flexibility index (Phi) is 5.48. The van der Waals surface area contributed by atoms with Gasteiger partial charge in [0.2, 0.25) is 0 Å². The third-order valence-electron chi connectivity index (χ3n) is 2.67. The molecule has 0 heterocycles. The van der Waals surface area contributed by atoms with Crippen LogP contribution in [0.4, 0.5) is 5.69 Å². The summed E-state index contributed by atoms with van der Waals surface area (Å²) in [4.78, 5) is 0. The molecule has 0 amide bonds. The summed E-state index contributed by atoms with van der Waals surface area (Å²) in [5.74, 6) is 0.893. The molecule has 0 aromatic heterocycles. The topological polar surface area (TPSA) is 21.3 Å². The van der Waals surface area contributed by atoms with Crippen molar-refractivity contribution in [2.75, 3.05) is 12.4 Å². The van der Waals surface area contributed by atoms with Crippen molar-refractivity contribution in [1.29, 1.82) is 0 Å². The van der Waals surface area contributed by atoms with Crippen molar-refractivity contribution in [1.82, 2.24) is 0 Å². The van der Waals surface area contributed by atoms with Crippen LogP contribution in [0.3, 0.4) is 0 Å². The number of allylic oxidation sites excluding steroid dienone is 1. The van der Waals surface area contributed by atoms with Gasteiger partial charge in [0.15, 0.2) is 0 Å². The van der Waals surface area contributed by atoms with Crippen LogP contribution in [-0.2, 0) is 0 Å². The van der Waals surface area contributed by atoms with Crippen LogP contribution < -0.4 is 10.1 Å². The van der Waals surface area contributed by atoms with Gasteiger partial charge in [0.05, 0.1) is 7.11 Å². The van der Waals surface area contributed by atoms with Gasteiger partial charge < -0.3 is 10.1 Å². The van der Waals surface area contributed by atoms with Gasteiger partial charge >= 0.3 is 0 Å². The van der Waals surface area contributed by atoms with Crippen LogP contribution in [0.5, 0.6) is 5.75 Å². The summed E-state index contributed by atoms with van der Waals surface area (Å²) in [6.07, 6.45) is 5.28. The van der Waals surface area contributed by atoms with Gasteiger partial charge in [0.1, 0.15) is 5.75 Å². The smallest absolute Gasteiger partial charge is 0.119 e. The molecule has 88 valence electrons. The molecule has 1 rings (SSSR count). The van der Waals surface area contributed by atoms with Crippen LogP contribution in [0.1, 0.15) is 26.2 Å². The first kappa shape index (κ1) is 12.6. The minimum atomic E-state index is 0.520. The zero-order valence-electron chi connectivity index (χ0n) is 10.2. The van der Waals surface area contributed by atoms with E-state index in [1.165, 1.54) is 0 Å². The average Bonchev–Trinajstić information content (AvgIpc) is 2.35. The number of rotatable bonds is 7. The molecule has 2 heteroatoms. The Labute approximate surface area is 98.3 Å². The summed E-state index contributed by atoms with van der Waals surface area (Å²) in [5.41, 5.74) is 1.15. The van der Waals surface area contributed by atoms with E-state index in [9.17, 15) is 0 Å². The SMILES string of the molecule is C=CCCC(CC)Nc1ccc(OC)cc1. The molecule has 2 nitrogen and oxygen atoms in total. The first-order valence-electron chi connectivity index (χ1n) is 5.81. The summed E-state index contributed by atoms with van der Waals surface area (Å²) in [6.45, 7) is 5.95. The van der Waals surface area contributed by atoms with Crippen molar-refractivity contribution in [2.24, 2.45) is 0 Å². The number of benzene rings is 1. The zero-order valence-corrected chi connectivity index (χ0v) is 10.2. The third-order valence-corrected chi connectivity index (χ3v) is 2.67. The maximum absolute atomic E-state index is 5.12. The second-order valence-corrected chi connectivity index (χ2v) is 3.84. The van der Waals surface area contributed by atoms with Gasteiger partial charge in [-0.2, -0.15) is 0 Å². The number of anilines is 1. The molecule has 0 bridgehead atoms. The Hall–Kier alpha value is -1.44. The molecule has 1 aromatic rings. The van der Waals surface area contributed by atoms with Crippen LogP contribution in [0.15, 0.2) is 36.9 Å². The summed E-state index contributed by atoms with van der Waals surface area (Å²) < 4.78 is 5.12. The highest BCUT2D eigenvalue weighted by atomic mass is 16.5. The summed E-state index contributed by atoms with van der Waals surface area (Å²) in [6, 6.07) is 8.57. The summed E-state index contributed by atoms with van der Waals surface area (Å²) in [7, 11) is 1.68. The predicted octanol–water partition coefficient (Wildman–Crippen LogP) is 3.85. The van der Waals surface area contributed by atoms with Crippen LogP contribution >= 0.6 is 0 Å². The molecule has 0 radical (unpaired) electrons. The fourth-order valence-electron chi connectivity index (χ4n) is 1.62. The van der Waals surface area contributed by atoms with Gasteiger partial charge in [0.25, 0.3) is 0 Å². The first-order valence-corrected chi connectivity index (χ1v) is 5.81. The molecule has 0 spiro atoms. The van der Waals surface area contributed by atoms with Gasteiger partial charge in [-0.3, -0.25) is 0 Å². The van der Waals surface area contributed by atoms with Crippen LogP contribution in [0.2, 0.25) is 0 Å². The first-order chi connectivity index (χ1) is 7.80. The lowest BCUT2D eigenvalue weighted by molar-refractivity contribution is 0.415. The zero-order chi connectivity index (χ0) is 11.8. The van der Waals surface area contributed by atoms with Crippen molar-refractivity contribution in [3.63, 3.8) is 0 Å². The van der Waals surface area contributed by atoms with Gasteiger partial charge in [-0.25, -0.2) is 0 Å². The Balaban J connectivity index is 2.52. The molecular weight excluding hydrogens is 198 g/mol. The molecule has 16 heavy (non-hydrogen) atoms. The fourth-order valence-corrected chi connectivity index (χ4v) is 1.62. The molecule has 1 N–H and O–H groups in total. The second kappa shape index (κ2) is 6.94. The molecule has 1 atom stereocenters. The molecule has 0 aliphatic rings. The normalized spacial score (nSPS) is 11.9. The lowest BCUT2D eigenvalue weighted by atomic mass is 10.1. The minimum absolute atomic E-state index is 0.520. The lowest BCUT2D eigenvalue weighted by Crippen LogP contribution is -2.17. The van der Waals surface area contributed by atoms with Crippen LogP contribution in [-0.4, -0.2) is 13.2 Å². The highest BCUT2D eigenvalue weighted by Crippen LogP contribution is 2.17. The number of hydrogen-bond acceptors (Lipinski definition) is 2. The molecule has 0 saturated heterocycles. The highest BCUT2D eigenvalue weighted by molar-refractivity contribution is 5.47.